The van der Waals surface area contributed by atoms with Crippen LogP contribution in [0.15, 0.2) is 237 Å². The Labute approximate surface area is 361 Å². The summed E-state index contributed by atoms with van der Waals surface area (Å²) in [5, 5.41) is 0. The van der Waals surface area contributed by atoms with Gasteiger partial charge in [-0.05, 0) is 69.3 Å². The van der Waals surface area contributed by atoms with E-state index in [4.69, 9.17) is 19.7 Å². The van der Waals surface area contributed by atoms with Gasteiger partial charge in [0.2, 0.25) is 0 Å². The lowest BCUT2D eigenvalue weighted by Crippen LogP contribution is -2.38. The molecule has 0 N–H and O–H groups in total. The summed E-state index contributed by atoms with van der Waals surface area (Å²) in [6, 6.07) is 82.3. The summed E-state index contributed by atoms with van der Waals surface area (Å²) < 4.78 is 7.43. The average molecular weight is 794 g/mol. The van der Waals surface area contributed by atoms with E-state index >= 15 is 0 Å². The molecule has 0 saturated heterocycles. The molecule has 0 bridgehead atoms. The van der Waals surface area contributed by atoms with Crippen LogP contribution < -0.4 is 4.74 Å². The maximum Gasteiger partial charge on any atom is 0.185 e. The Morgan fingerprint density at radius 2 is 0.694 bits per heavy atom. The molecule has 1 aliphatic heterocycles. The van der Waals surface area contributed by atoms with Gasteiger partial charge in [0.05, 0.1) is 0 Å². The summed E-state index contributed by atoms with van der Waals surface area (Å²) >= 11 is 0. The van der Waals surface area contributed by atoms with Gasteiger partial charge in [0.15, 0.2) is 23.1 Å². The largest absolute Gasteiger partial charge is 0.472 e. The van der Waals surface area contributed by atoms with E-state index in [1.54, 1.807) is 0 Å². The molecule has 292 valence electrons. The normalized spacial score (nSPS) is 12.5. The maximum atomic E-state index is 7.43. The van der Waals surface area contributed by atoms with E-state index in [0.717, 1.165) is 83.6 Å². The molecule has 10 aromatic rings. The first kappa shape index (κ1) is 36.8. The number of hydrogen-bond donors (Lipinski definition) is 0. The van der Waals surface area contributed by atoms with E-state index in [0.29, 0.717) is 17.5 Å². The van der Waals surface area contributed by atoms with Gasteiger partial charge in [-0.2, -0.15) is 0 Å². The minimum atomic E-state index is -0.899. The van der Waals surface area contributed by atoms with Gasteiger partial charge >= 0.3 is 0 Å². The second-order valence-corrected chi connectivity index (χ2v) is 15.5. The van der Waals surface area contributed by atoms with E-state index in [-0.39, 0.29) is 0 Å². The first-order valence-corrected chi connectivity index (χ1v) is 20.9. The topological polar surface area (TPSA) is 47.9 Å². The molecule has 1 aliphatic rings. The number of nitrogens with zero attached hydrogens (tertiary/aromatic N) is 3. The Hall–Kier alpha value is -8.21. The Kier molecular flexibility index (Phi) is 9.36. The van der Waals surface area contributed by atoms with E-state index in [1.165, 1.54) is 0 Å². The predicted octanol–water partition coefficient (Wildman–Crippen LogP) is 14.2. The number of rotatable bonds is 8. The zero-order chi connectivity index (χ0) is 41.3. The number of benzene rings is 9. The molecule has 0 atom stereocenters. The fourth-order valence-corrected chi connectivity index (χ4v) is 8.82. The molecule has 1 aromatic heterocycles. The summed E-state index contributed by atoms with van der Waals surface area (Å²) in [7, 11) is 0. The molecule has 0 saturated carbocycles. The van der Waals surface area contributed by atoms with Crippen molar-refractivity contribution in [1.29, 1.82) is 0 Å². The molecule has 0 aliphatic carbocycles. The molecule has 4 nitrogen and oxygen atoms in total. The van der Waals surface area contributed by atoms with E-state index in [2.05, 4.69) is 200 Å². The van der Waals surface area contributed by atoms with Gasteiger partial charge in [0.1, 0.15) is 5.75 Å². The first-order chi connectivity index (χ1) is 30.7. The highest BCUT2D eigenvalue weighted by Crippen LogP contribution is 2.54. The van der Waals surface area contributed by atoms with Crippen LogP contribution in [0.5, 0.6) is 5.75 Å². The van der Waals surface area contributed by atoms with Crippen LogP contribution in [-0.2, 0) is 5.60 Å². The fourth-order valence-electron chi connectivity index (χ4n) is 8.82. The third-order valence-corrected chi connectivity index (χ3v) is 11.7. The number of fused-ring (bicyclic) bond motifs is 3. The zero-order valence-corrected chi connectivity index (χ0v) is 33.8. The lowest BCUT2D eigenvalue weighted by Gasteiger charge is -2.41. The number of ether oxygens (including phenoxy) is 1. The van der Waals surface area contributed by atoms with Crippen LogP contribution in [0.1, 0.15) is 16.7 Å². The van der Waals surface area contributed by atoms with Gasteiger partial charge in [-0.15, -0.1) is 0 Å². The van der Waals surface area contributed by atoms with E-state index in [1.807, 2.05) is 36.4 Å². The zero-order valence-electron chi connectivity index (χ0n) is 33.8. The molecule has 0 fully saturated rings. The van der Waals surface area contributed by atoms with Crippen molar-refractivity contribution < 1.29 is 4.74 Å². The van der Waals surface area contributed by atoms with Crippen LogP contribution in [0.3, 0.4) is 0 Å². The molecular weight excluding hydrogens is 755 g/mol. The van der Waals surface area contributed by atoms with Crippen LogP contribution in [0.25, 0.3) is 78.7 Å². The Morgan fingerprint density at radius 1 is 0.290 bits per heavy atom. The van der Waals surface area contributed by atoms with Crippen molar-refractivity contribution in [2.75, 3.05) is 0 Å². The van der Waals surface area contributed by atoms with Crippen molar-refractivity contribution in [3.63, 3.8) is 0 Å². The predicted molar refractivity (Wildman–Crippen MR) is 251 cm³/mol. The van der Waals surface area contributed by atoms with Gasteiger partial charge in [0.25, 0.3) is 0 Å². The molecule has 2 heterocycles. The molecule has 0 unspecified atom stereocenters. The smallest absolute Gasteiger partial charge is 0.185 e. The van der Waals surface area contributed by atoms with Crippen molar-refractivity contribution in [3.8, 4) is 84.4 Å². The van der Waals surface area contributed by atoms with Crippen LogP contribution >= 0.6 is 0 Å². The molecule has 11 rings (SSSR count). The third kappa shape index (κ3) is 6.65. The Bertz CT molecular complexity index is 3090. The SMILES string of the molecule is c1ccc(-c2cccc(-c3nc(-c4cc(-c5ccccc5)cc(-c5ccccc5)c4)nc(-c4cccc5c4-c4ccccc4C(c4ccccc4)(c4ccccc4)O5)n3)c2)cc1. The van der Waals surface area contributed by atoms with Crippen molar-refractivity contribution in [3.05, 3.63) is 253 Å². The number of aromatic nitrogens is 3. The maximum absolute atomic E-state index is 7.43. The lowest BCUT2D eigenvalue weighted by atomic mass is 9.74. The van der Waals surface area contributed by atoms with E-state index in [9.17, 15) is 0 Å². The molecular formula is C58H39N3O. The van der Waals surface area contributed by atoms with Crippen LogP contribution in [0.2, 0.25) is 0 Å². The molecule has 4 heteroatoms. The summed E-state index contributed by atoms with van der Waals surface area (Å²) in [6.07, 6.45) is 0. The Morgan fingerprint density at radius 3 is 1.29 bits per heavy atom. The molecule has 62 heavy (non-hydrogen) atoms. The molecule has 9 aromatic carbocycles. The molecule has 0 spiro atoms. The minimum absolute atomic E-state index is 0.559. The Balaban J connectivity index is 1.15. The highest BCUT2D eigenvalue weighted by Gasteiger charge is 2.45. The average Bonchev–Trinajstić information content (AvgIpc) is 3.37. The van der Waals surface area contributed by atoms with Crippen molar-refractivity contribution in [2.24, 2.45) is 0 Å². The van der Waals surface area contributed by atoms with Crippen molar-refractivity contribution in [1.82, 2.24) is 15.0 Å². The summed E-state index contributed by atoms with van der Waals surface area (Å²) in [4.78, 5) is 16.1. The molecule has 0 radical (unpaired) electrons. The summed E-state index contributed by atoms with van der Waals surface area (Å²) in [5.41, 5.74) is 13.5. The second-order valence-electron chi connectivity index (χ2n) is 15.5. The van der Waals surface area contributed by atoms with Crippen LogP contribution in [0.4, 0.5) is 0 Å². The van der Waals surface area contributed by atoms with Crippen molar-refractivity contribution >= 4 is 0 Å². The number of hydrogen-bond acceptors (Lipinski definition) is 4. The van der Waals surface area contributed by atoms with Crippen molar-refractivity contribution in [2.45, 2.75) is 5.60 Å². The van der Waals surface area contributed by atoms with Gasteiger partial charge in [-0.1, -0.05) is 206 Å². The first-order valence-electron chi connectivity index (χ1n) is 20.9. The second kappa shape index (κ2) is 15.8. The van der Waals surface area contributed by atoms with Crippen LogP contribution in [0, 0.1) is 0 Å². The summed E-state index contributed by atoms with van der Waals surface area (Å²) in [6.45, 7) is 0. The minimum Gasteiger partial charge on any atom is -0.472 e. The highest BCUT2D eigenvalue weighted by molar-refractivity contribution is 5.91. The fraction of sp³-hybridized carbons (Fsp3) is 0.0172. The van der Waals surface area contributed by atoms with Gasteiger partial charge in [-0.25, -0.2) is 15.0 Å². The quantitative estimate of drug-likeness (QED) is 0.154. The van der Waals surface area contributed by atoms with Crippen LogP contribution in [-0.4, -0.2) is 15.0 Å². The summed E-state index contributed by atoms with van der Waals surface area (Å²) in [5.74, 6) is 2.47. The van der Waals surface area contributed by atoms with Gasteiger partial charge in [-0.3, -0.25) is 0 Å². The molecule has 0 amide bonds. The highest BCUT2D eigenvalue weighted by atomic mass is 16.5. The monoisotopic (exact) mass is 793 g/mol. The van der Waals surface area contributed by atoms with Gasteiger partial charge < -0.3 is 4.74 Å². The van der Waals surface area contributed by atoms with E-state index < -0.39 is 5.60 Å². The standard InChI is InChI=1S/C58H39N3O/c1-6-20-40(21-7-1)43-26-18-27-44(36-43)55-59-56(47-38-45(41-22-8-2-9-23-41)37-46(39-47)42-24-10-3-11-25-42)61-57(60-55)51-33-19-35-53-54(51)50-32-16-17-34-52(50)58(62-53,48-28-12-4-13-29-48)49-30-14-5-15-31-49/h1-39H. The third-order valence-electron chi connectivity index (χ3n) is 11.7. The van der Waals surface area contributed by atoms with Gasteiger partial charge in [0, 0.05) is 38.9 Å². The lowest BCUT2D eigenvalue weighted by molar-refractivity contribution is 0.152.